The van der Waals surface area contributed by atoms with E-state index in [9.17, 15) is 0 Å². The molecular weight excluding hydrogens is 749 g/mol. The predicted molar refractivity (Wildman–Crippen MR) is 263 cm³/mol. The van der Waals surface area contributed by atoms with Gasteiger partial charge in [0.05, 0.1) is 16.7 Å². The summed E-state index contributed by atoms with van der Waals surface area (Å²) in [6.07, 6.45) is 18.2. The second-order valence-electron chi connectivity index (χ2n) is 16.4. The van der Waals surface area contributed by atoms with Gasteiger partial charge in [-0.3, -0.25) is 0 Å². The van der Waals surface area contributed by atoms with Crippen molar-refractivity contribution in [3.8, 4) is 39.1 Å². The highest BCUT2D eigenvalue weighted by Crippen LogP contribution is 2.46. The Hall–Kier alpha value is -7.68. The maximum atomic E-state index is 2.45. The lowest BCUT2D eigenvalue weighted by atomic mass is 9.84. The number of nitrogens with zero attached hydrogens (tertiary/aromatic N) is 2. The molecule has 11 rings (SSSR count). The largest absolute Gasteiger partial charge is 0.310 e. The molecule has 0 amide bonds. The number of allylic oxidation sites excluding steroid dienone is 8. The molecule has 2 unspecified atom stereocenters. The maximum Gasteiger partial charge on any atom is 0.0547 e. The molecule has 296 valence electrons. The fraction of sp³-hybridized carbons (Fsp3) is 0.0667. The second-order valence-corrected chi connectivity index (χ2v) is 16.4. The molecule has 0 aliphatic heterocycles. The van der Waals surface area contributed by atoms with Crippen LogP contribution in [0.1, 0.15) is 24.3 Å². The van der Waals surface area contributed by atoms with Crippen molar-refractivity contribution >= 4 is 38.9 Å². The Morgan fingerprint density at radius 2 is 1.03 bits per heavy atom. The number of anilines is 3. The van der Waals surface area contributed by atoms with E-state index in [2.05, 4.69) is 252 Å². The van der Waals surface area contributed by atoms with Crippen LogP contribution in [0.4, 0.5) is 17.1 Å². The van der Waals surface area contributed by atoms with Crippen molar-refractivity contribution in [1.82, 2.24) is 4.57 Å². The highest BCUT2D eigenvalue weighted by Gasteiger charge is 2.23. The second kappa shape index (κ2) is 16.4. The van der Waals surface area contributed by atoms with E-state index < -0.39 is 0 Å². The van der Waals surface area contributed by atoms with E-state index in [1.807, 2.05) is 0 Å². The van der Waals surface area contributed by atoms with E-state index in [1.54, 1.807) is 0 Å². The standard InChI is InChI=1S/C60H46N2/c1-5-18-43(19-6-1)44-34-36-45(37-35-44)46-38-40-51(41-39-46)61(56-31-14-13-28-53(56)47-20-7-2-8-21-47)52-27-15-24-49(42-52)55-30-17-33-58-60(55)59-54(48-22-9-3-10-23-48)29-16-32-57(59)62(58)50-25-11-4-12-26-50/h1-18,20-36,38-43,45H,19,37H2. The fourth-order valence-electron chi connectivity index (χ4n) is 9.69. The van der Waals surface area contributed by atoms with Gasteiger partial charge in [0.25, 0.3) is 0 Å². The average Bonchev–Trinajstić information content (AvgIpc) is 3.71. The highest BCUT2D eigenvalue weighted by molar-refractivity contribution is 6.20. The first-order valence-electron chi connectivity index (χ1n) is 21.8. The summed E-state index contributed by atoms with van der Waals surface area (Å²) in [5.74, 6) is 0.831. The molecule has 1 aromatic heterocycles. The Morgan fingerprint density at radius 1 is 0.435 bits per heavy atom. The van der Waals surface area contributed by atoms with Crippen LogP contribution in [-0.2, 0) is 0 Å². The Labute approximate surface area is 364 Å². The normalized spacial score (nSPS) is 15.8. The topological polar surface area (TPSA) is 8.17 Å². The minimum absolute atomic E-state index is 0.351. The van der Waals surface area contributed by atoms with Gasteiger partial charge in [-0.05, 0) is 106 Å². The van der Waals surface area contributed by atoms with Crippen LogP contribution in [0.3, 0.4) is 0 Å². The van der Waals surface area contributed by atoms with Gasteiger partial charge in [0.15, 0.2) is 0 Å². The number of aromatic nitrogens is 1. The van der Waals surface area contributed by atoms with Gasteiger partial charge in [0, 0.05) is 45.2 Å². The zero-order valence-corrected chi connectivity index (χ0v) is 34.6. The number of hydrogen-bond donors (Lipinski definition) is 0. The van der Waals surface area contributed by atoms with Gasteiger partial charge in [-0.15, -0.1) is 0 Å². The van der Waals surface area contributed by atoms with Crippen molar-refractivity contribution in [2.45, 2.75) is 18.8 Å². The van der Waals surface area contributed by atoms with Crippen LogP contribution in [0.15, 0.2) is 248 Å². The summed E-state index contributed by atoms with van der Waals surface area (Å²) in [5, 5.41) is 2.50. The van der Waals surface area contributed by atoms with Crippen LogP contribution in [0.5, 0.6) is 0 Å². The Bertz CT molecular complexity index is 3170. The third-order valence-corrected chi connectivity index (χ3v) is 12.7. The lowest BCUT2D eigenvalue weighted by Gasteiger charge is -2.29. The number of fused-ring (bicyclic) bond motifs is 3. The first kappa shape index (κ1) is 37.3. The van der Waals surface area contributed by atoms with Crippen molar-refractivity contribution in [2.24, 2.45) is 5.92 Å². The molecule has 0 radical (unpaired) electrons. The summed E-state index contributed by atoms with van der Waals surface area (Å²) < 4.78 is 2.43. The van der Waals surface area contributed by atoms with E-state index in [4.69, 9.17) is 0 Å². The molecule has 8 aromatic carbocycles. The van der Waals surface area contributed by atoms with Gasteiger partial charge in [-0.2, -0.15) is 0 Å². The van der Waals surface area contributed by atoms with Crippen LogP contribution in [0, 0.1) is 5.92 Å². The number of rotatable bonds is 9. The molecule has 1 heterocycles. The molecule has 0 spiro atoms. The number of hydrogen-bond acceptors (Lipinski definition) is 1. The maximum absolute atomic E-state index is 2.45. The minimum Gasteiger partial charge on any atom is -0.310 e. The van der Waals surface area contributed by atoms with E-state index in [0.717, 1.165) is 35.6 Å². The van der Waals surface area contributed by atoms with E-state index in [-0.39, 0.29) is 0 Å². The fourth-order valence-corrected chi connectivity index (χ4v) is 9.69. The Morgan fingerprint density at radius 3 is 1.69 bits per heavy atom. The summed E-state index contributed by atoms with van der Waals surface area (Å²) in [6, 6.07) is 73.1. The first-order chi connectivity index (χ1) is 30.8. The summed E-state index contributed by atoms with van der Waals surface area (Å²) in [5.41, 5.74) is 16.8. The van der Waals surface area contributed by atoms with Crippen LogP contribution in [0.25, 0.3) is 60.9 Å². The SMILES string of the molecule is C1=CCC(C2=CCC(c3ccc(N(c4cccc(-c5cccc6c5c5c(-c7ccccc7)cccc5n6-c5ccccc5)c4)c4ccccc4-c4ccccc4)cc3)C=C2)C=C1. The minimum atomic E-state index is 0.351. The van der Waals surface area contributed by atoms with Gasteiger partial charge in [0.2, 0.25) is 0 Å². The van der Waals surface area contributed by atoms with Gasteiger partial charge in [0.1, 0.15) is 0 Å². The van der Waals surface area contributed by atoms with Gasteiger partial charge < -0.3 is 9.47 Å². The summed E-state index contributed by atoms with van der Waals surface area (Å²) in [7, 11) is 0. The molecule has 2 nitrogen and oxygen atoms in total. The lowest BCUT2D eigenvalue weighted by Crippen LogP contribution is -2.12. The third-order valence-electron chi connectivity index (χ3n) is 12.7. The van der Waals surface area contributed by atoms with Crippen LogP contribution >= 0.6 is 0 Å². The summed E-state index contributed by atoms with van der Waals surface area (Å²) >= 11 is 0. The van der Waals surface area contributed by atoms with Crippen molar-refractivity contribution in [3.63, 3.8) is 0 Å². The molecule has 0 fully saturated rings. The molecule has 2 heteroatoms. The zero-order chi connectivity index (χ0) is 41.2. The summed E-state index contributed by atoms with van der Waals surface area (Å²) in [6.45, 7) is 0. The molecule has 0 bridgehead atoms. The highest BCUT2D eigenvalue weighted by atomic mass is 15.1. The van der Waals surface area contributed by atoms with Crippen molar-refractivity contribution in [2.75, 3.05) is 4.90 Å². The van der Waals surface area contributed by atoms with Crippen LogP contribution in [-0.4, -0.2) is 4.57 Å². The number of benzene rings is 8. The number of para-hydroxylation sites is 2. The van der Waals surface area contributed by atoms with Crippen LogP contribution in [0.2, 0.25) is 0 Å². The molecule has 62 heavy (non-hydrogen) atoms. The van der Waals surface area contributed by atoms with E-state index in [1.165, 1.54) is 66.3 Å². The van der Waals surface area contributed by atoms with Gasteiger partial charge in [-0.1, -0.05) is 188 Å². The average molecular weight is 795 g/mol. The first-order valence-corrected chi connectivity index (χ1v) is 21.8. The molecule has 0 N–H and O–H groups in total. The zero-order valence-electron chi connectivity index (χ0n) is 34.6. The molecule has 9 aromatic rings. The third kappa shape index (κ3) is 6.90. The van der Waals surface area contributed by atoms with Crippen molar-refractivity contribution in [3.05, 3.63) is 254 Å². The summed E-state index contributed by atoms with van der Waals surface area (Å²) in [4.78, 5) is 2.44. The Balaban J connectivity index is 1.06. The van der Waals surface area contributed by atoms with E-state index in [0.29, 0.717) is 11.8 Å². The molecular formula is C60H46N2. The van der Waals surface area contributed by atoms with Gasteiger partial charge >= 0.3 is 0 Å². The van der Waals surface area contributed by atoms with Crippen molar-refractivity contribution < 1.29 is 0 Å². The smallest absolute Gasteiger partial charge is 0.0547 e. The molecule has 2 atom stereocenters. The lowest BCUT2D eigenvalue weighted by molar-refractivity contribution is 0.750. The van der Waals surface area contributed by atoms with Crippen molar-refractivity contribution in [1.29, 1.82) is 0 Å². The van der Waals surface area contributed by atoms with Gasteiger partial charge in [-0.25, -0.2) is 0 Å². The quantitative estimate of drug-likeness (QED) is 0.141. The monoisotopic (exact) mass is 794 g/mol. The van der Waals surface area contributed by atoms with Crippen LogP contribution < -0.4 is 4.90 Å². The Kier molecular flexibility index (Phi) is 9.88. The molecule has 0 saturated heterocycles. The molecule has 0 saturated carbocycles. The molecule has 2 aliphatic rings. The van der Waals surface area contributed by atoms with E-state index >= 15 is 0 Å². The predicted octanol–water partition coefficient (Wildman–Crippen LogP) is 16.4. The molecule has 2 aliphatic carbocycles.